The van der Waals surface area contributed by atoms with E-state index in [1.165, 1.54) is 11.3 Å². The van der Waals surface area contributed by atoms with Crippen molar-refractivity contribution in [3.05, 3.63) is 38.4 Å². The summed E-state index contributed by atoms with van der Waals surface area (Å²) in [5.41, 5.74) is 0.554. The predicted octanol–water partition coefficient (Wildman–Crippen LogP) is 2.85. The molecule has 0 aliphatic rings. The lowest BCUT2D eigenvalue weighted by atomic mass is 10.2. The highest BCUT2D eigenvalue weighted by molar-refractivity contribution is 14.1. The molecule has 0 saturated carbocycles. The Morgan fingerprint density at radius 1 is 1.26 bits per heavy atom. The summed E-state index contributed by atoms with van der Waals surface area (Å²) in [7, 11) is 0. The topological polar surface area (TPSA) is 84.0 Å². The Morgan fingerprint density at radius 2 is 2.04 bits per heavy atom. The van der Waals surface area contributed by atoms with Gasteiger partial charge in [0.2, 0.25) is 11.0 Å². The zero-order valence-corrected chi connectivity index (χ0v) is 15.6. The number of aromatic nitrogens is 2. The van der Waals surface area contributed by atoms with Crippen molar-refractivity contribution in [2.24, 2.45) is 0 Å². The standard InChI is InChI=1S/C15H17IN4O2S/c1-2-3-8-13-19-20-15(23-13)18-12(21)9-17-14(22)10-6-4-5-7-11(10)16/h4-7H,2-3,8-9H2,1H3,(H,17,22)(H,18,20,21). The summed E-state index contributed by atoms with van der Waals surface area (Å²) < 4.78 is 0.840. The van der Waals surface area contributed by atoms with Crippen molar-refractivity contribution in [3.63, 3.8) is 0 Å². The van der Waals surface area contributed by atoms with E-state index < -0.39 is 0 Å². The number of rotatable bonds is 7. The van der Waals surface area contributed by atoms with Crippen molar-refractivity contribution in [1.29, 1.82) is 0 Å². The van der Waals surface area contributed by atoms with E-state index in [0.29, 0.717) is 10.7 Å². The Morgan fingerprint density at radius 3 is 2.78 bits per heavy atom. The number of anilines is 1. The fourth-order valence-electron chi connectivity index (χ4n) is 1.80. The van der Waals surface area contributed by atoms with Gasteiger partial charge in [-0.25, -0.2) is 0 Å². The molecule has 0 unspecified atom stereocenters. The van der Waals surface area contributed by atoms with Gasteiger partial charge in [0, 0.05) is 9.99 Å². The van der Waals surface area contributed by atoms with E-state index in [1.54, 1.807) is 12.1 Å². The van der Waals surface area contributed by atoms with Crippen LogP contribution in [0.15, 0.2) is 24.3 Å². The van der Waals surface area contributed by atoms with Gasteiger partial charge in [-0.3, -0.25) is 14.9 Å². The van der Waals surface area contributed by atoms with Gasteiger partial charge >= 0.3 is 0 Å². The zero-order valence-electron chi connectivity index (χ0n) is 12.6. The van der Waals surface area contributed by atoms with Crippen LogP contribution in [0.25, 0.3) is 0 Å². The SMILES string of the molecule is CCCCc1nnc(NC(=O)CNC(=O)c2ccccc2I)s1. The summed E-state index contributed by atoms with van der Waals surface area (Å²) in [6.07, 6.45) is 3.01. The number of hydrogen-bond acceptors (Lipinski definition) is 5. The Labute approximate surface area is 152 Å². The van der Waals surface area contributed by atoms with Crippen LogP contribution >= 0.6 is 33.9 Å². The first-order valence-electron chi connectivity index (χ1n) is 7.25. The molecule has 0 radical (unpaired) electrons. The maximum absolute atomic E-state index is 12.0. The van der Waals surface area contributed by atoms with E-state index in [2.05, 4.69) is 50.3 Å². The normalized spacial score (nSPS) is 10.3. The molecule has 2 amide bonds. The van der Waals surface area contributed by atoms with Gasteiger partial charge in [0.1, 0.15) is 5.01 Å². The third-order valence-electron chi connectivity index (χ3n) is 2.99. The van der Waals surface area contributed by atoms with Crippen molar-refractivity contribution in [1.82, 2.24) is 15.5 Å². The third kappa shape index (κ3) is 5.54. The lowest BCUT2D eigenvalue weighted by Gasteiger charge is -2.06. The molecule has 0 saturated heterocycles. The van der Waals surface area contributed by atoms with Gasteiger partial charge in [0.05, 0.1) is 12.1 Å². The number of benzene rings is 1. The first kappa shape index (κ1) is 17.8. The summed E-state index contributed by atoms with van der Waals surface area (Å²) in [5.74, 6) is -0.589. The second kappa shape index (κ2) is 8.92. The first-order chi connectivity index (χ1) is 11.1. The molecule has 0 bridgehead atoms. The Bertz CT molecular complexity index is 690. The third-order valence-corrected chi connectivity index (χ3v) is 4.82. The van der Waals surface area contributed by atoms with E-state index in [9.17, 15) is 9.59 Å². The van der Waals surface area contributed by atoms with Crippen LogP contribution in [0.4, 0.5) is 5.13 Å². The van der Waals surface area contributed by atoms with E-state index in [4.69, 9.17) is 0 Å². The Hall–Kier alpha value is -1.55. The minimum atomic E-state index is -0.317. The van der Waals surface area contributed by atoms with Crippen molar-refractivity contribution >= 4 is 50.9 Å². The molecule has 1 aromatic carbocycles. The fraction of sp³-hybridized carbons (Fsp3) is 0.333. The molecule has 0 fully saturated rings. The minimum Gasteiger partial charge on any atom is -0.343 e. The van der Waals surface area contributed by atoms with Crippen molar-refractivity contribution < 1.29 is 9.59 Å². The molecule has 0 atom stereocenters. The van der Waals surface area contributed by atoms with E-state index in [-0.39, 0.29) is 18.4 Å². The molecule has 2 N–H and O–H groups in total. The van der Waals surface area contributed by atoms with Gasteiger partial charge in [0.25, 0.3) is 5.91 Å². The molecule has 6 nitrogen and oxygen atoms in total. The van der Waals surface area contributed by atoms with Gasteiger partial charge in [-0.05, 0) is 41.1 Å². The average Bonchev–Trinajstić information content (AvgIpc) is 2.98. The van der Waals surface area contributed by atoms with Crippen LogP contribution in [0.2, 0.25) is 0 Å². The highest BCUT2D eigenvalue weighted by atomic mass is 127. The zero-order chi connectivity index (χ0) is 16.7. The number of aryl methyl sites for hydroxylation is 1. The molecule has 1 aromatic heterocycles. The van der Waals surface area contributed by atoms with Crippen LogP contribution in [-0.2, 0) is 11.2 Å². The number of unbranched alkanes of at least 4 members (excludes halogenated alkanes) is 1. The molecule has 2 aromatic rings. The second-order valence-electron chi connectivity index (χ2n) is 4.82. The van der Waals surface area contributed by atoms with Gasteiger partial charge in [0.15, 0.2) is 0 Å². The van der Waals surface area contributed by atoms with E-state index in [1.807, 2.05) is 12.1 Å². The predicted molar refractivity (Wildman–Crippen MR) is 98.6 cm³/mol. The molecule has 2 rings (SSSR count). The lowest BCUT2D eigenvalue weighted by molar-refractivity contribution is -0.115. The van der Waals surface area contributed by atoms with Crippen LogP contribution in [0.5, 0.6) is 0 Å². The highest BCUT2D eigenvalue weighted by Gasteiger charge is 2.12. The molecule has 122 valence electrons. The quantitative estimate of drug-likeness (QED) is 0.644. The van der Waals surface area contributed by atoms with Gasteiger partial charge < -0.3 is 5.32 Å². The van der Waals surface area contributed by atoms with Crippen molar-refractivity contribution in [2.75, 3.05) is 11.9 Å². The number of hydrogen-bond donors (Lipinski definition) is 2. The maximum Gasteiger partial charge on any atom is 0.252 e. The summed E-state index contributed by atoms with van der Waals surface area (Å²) in [5, 5.41) is 14.6. The number of halogens is 1. The number of carbonyl (C=O) groups excluding carboxylic acids is 2. The molecule has 8 heteroatoms. The van der Waals surface area contributed by atoms with Crippen molar-refractivity contribution in [2.45, 2.75) is 26.2 Å². The van der Waals surface area contributed by atoms with Crippen LogP contribution in [0, 0.1) is 3.57 Å². The molecule has 0 aliphatic carbocycles. The number of carbonyl (C=O) groups is 2. The minimum absolute atomic E-state index is 0.103. The Balaban J connectivity index is 1.82. The van der Waals surface area contributed by atoms with Crippen LogP contribution in [0.3, 0.4) is 0 Å². The molecular weight excluding hydrogens is 427 g/mol. The lowest BCUT2D eigenvalue weighted by Crippen LogP contribution is -2.33. The molecule has 1 heterocycles. The molecule has 23 heavy (non-hydrogen) atoms. The summed E-state index contributed by atoms with van der Waals surface area (Å²) >= 11 is 3.45. The molecular formula is C15H17IN4O2S. The van der Waals surface area contributed by atoms with Crippen LogP contribution in [-0.4, -0.2) is 28.6 Å². The molecule has 0 spiro atoms. The average molecular weight is 444 g/mol. The summed E-state index contributed by atoms with van der Waals surface area (Å²) in [6.45, 7) is 2.01. The smallest absolute Gasteiger partial charge is 0.252 e. The van der Waals surface area contributed by atoms with Crippen molar-refractivity contribution in [3.8, 4) is 0 Å². The number of nitrogens with zero attached hydrogens (tertiary/aromatic N) is 2. The molecule has 0 aliphatic heterocycles. The van der Waals surface area contributed by atoms with Gasteiger partial charge in [-0.2, -0.15) is 0 Å². The number of nitrogens with one attached hydrogen (secondary N) is 2. The summed E-state index contributed by atoms with van der Waals surface area (Å²) in [4.78, 5) is 23.9. The van der Waals surface area contributed by atoms with Gasteiger partial charge in [-0.1, -0.05) is 36.8 Å². The van der Waals surface area contributed by atoms with Crippen LogP contribution in [0.1, 0.15) is 35.1 Å². The maximum atomic E-state index is 12.0. The highest BCUT2D eigenvalue weighted by Crippen LogP contribution is 2.17. The van der Waals surface area contributed by atoms with E-state index >= 15 is 0 Å². The second-order valence-corrected chi connectivity index (χ2v) is 7.04. The summed E-state index contributed by atoms with van der Waals surface area (Å²) in [6, 6.07) is 7.21. The fourth-order valence-corrected chi connectivity index (χ4v) is 3.23. The Kier molecular flexibility index (Phi) is 6.90. The number of amides is 2. The monoisotopic (exact) mass is 444 g/mol. The van der Waals surface area contributed by atoms with Gasteiger partial charge in [-0.15, -0.1) is 10.2 Å². The first-order valence-corrected chi connectivity index (χ1v) is 9.14. The largest absolute Gasteiger partial charge is 0.343 e. The van der Waals surface area contributed by atoms with E-state index in [0.717, 1.165) is 27.8 Å². The van der Waals surface area contributed by atoms with Crippen LogP contribution < -0.4 is 10.6 Å².